The highest BCUT2D eigenvalue weighted by Gasteiger charge is 2.47. The molecule has 5 unspecified atom stereocenters. The normalized spacial score (nSPS) is 39.0. The van der Waals surface area contributed by atoms with Crippen LogP contribution >= 0.6 is 0 Å². The lowest BCUT2D eigenvalue weighted by molar-refractivity contribution is -0.150. The highest BCUT2D eigenvalue weighted by molar-refractivity contribution is 5.80. The Morgan fingerprint density at radius 2 is 1.86 bits per heavy atom. The van der Waals surface area contributed by atoms with Crippen LogP contribution in [0.5, 0.6) is 0 Å². The summed E-state index contributed by atoms with van der Waals surface area (Å²) in [6.45, 7) is 9.82. The molecular weight excluding hydrogens is 268 g/mol. The van der Waals surface area contributed by atoms with Crippen molar-refractivity contribution in [3.05, 3.63) is 0 Å². The highest BCUT2D eigenvalue weighted by atomic mass is 16.4. The van der Waals surface area contributed by atoms with Crippen molar-refractivity contribution >= 4 is 11.9 Å². The summed E-state index contributed by atoms with van der Waals surface area (Å²) in [4.78, 5) is 23.8. The molecule has 1 amide bonds. The SMILES string of the molecule is CC1CNCC1C(=O)NC1CCC(C(=O)O)C(C)(C)C1C. The summed E-state index contributed by atoms with van der Waals surface area (Å²) in [5.74, 6) is -0.367. The van der Waals surface area contributed by atoms with Gasteiger partial charge in [-0.1, -0.05) is 27.7 Å². The van der Waals surface area contributed by atoms with Crippen LogP contribution in [0.15, 0.2) is 0 Å². The number of rotatable bonds is 3. The number of carboxylic acid groups (broad SMARTS) is 1. The number of aliphatic carboxylic acids is 1. The van der Waals surface area contributed by atoms with Crippen LogP contribution in [0.4, 0.5) is 0 Å². The smallest absolute Gasteiger partial charge is 0.307 e. The van der Waals surface area contributed by atoms with Gasteiger partial charge in [0.1, 0.15) is 0 Å². The van der Waals surface area contributed by atoms with Gasteiger partial charge in [0.25, 0.3) is 0 Å². The summed E-state index contributed by atoms with van der Waals surface area (Å²) in [5.41, 5.74) is -0.304. The second-order valence-electron chi connectivity index (χ2n) is 7.44. The molecule has 0 aromatic carbocycles. The van der Waals surface area contributed by atoms with Crippen LogP contribution in [0.3, 0.4) is 0 Å². The Hall–Kier alpha value is -1.10. The Balaban J connectivity index is 2.02. The number of carbonyl (C=O) groups excluding carboxylic acids is 1. The lowest BCUT2D eigenvalue weighted by atomic mass is 9.61. The minimum Gasteiger partial charge on any atom is -0.481 e. The summed E-state index contributed by atoms with van der Waals surface area (Å²) < 4.78 is 0. The first-order valence-corrected chi connectivity index (χ1v) is 7.99. The van der Waals surface area contributed by atoms with Gasteiger partial charge in [0.15, 0.2) is 0 Å². The number of carbonyl (C=O) groups is 2. The predicted octanol–water partition coefficient (Wildman–Crippen LogP) is 1.48. The van der Waals surface area contributed by atoms with E-state index in [1.54, 1.807) is 0 Å². The molecule has 5 heteroatoms. The fourth-order valence-corrected chi connectivity index (χ4v) is 3.89. The first kappa shape index (κ1) is 16.3. The van der Waals surface area contributed by atoms with Gasteiger partial charge in [-0.3, -0.25) is 9.59 Å². The third kappa shape index (κ3) is 3.07. The van der Waals surface area contributed by atoms with Crippen molar-refractivity contribution in [2.75, 3.05) is 13.1 Å². The van der Waals surface area contributed by atoms with Gasteiger partial charge >= 0.3 is 5.97 Å². The zero-order valence-electron chi connectivity index (χ0n) is 13.5. The van der Waals surface area contributed by atoms with Crippen molar-refractivity contribution in [1.82, 2.24) is 10.6 Å². The van der Waals surface area contributed by atoms with Gasteiger partial charge < -0.3 is 15.7 Å². The standard InChI is InChI=1S/C16H28N2O3/c1-9-7-17-8-11(9)14(19)18-13-6-5-12(15(20)21)16(3,4)10(13)2/h9-13,17H,5-8H2,1-4H3,(H,18,19)(H,20,21). The van der Waals surface area contributed by atoms with Crippen LogP contribution < -0.4 is 10.6 Å². The first-order chi connectivity index (χ1) is 9.75. The maximum absolute atomic E-state index is 12.4. The summed E-state index contributed by atoms with van der Waals surface area (Å²) in [6, 6.07) is 0.0795. The molecule has 120 valence electrons. The molecule has 1 aliphatic carbocycles. The molecule has 2 fully saturated rings. The molecule has 1 saturated carbocycles. The molecule has 5 nitrogen and oxygen atoms in total. The van der Waals surface area contributed by atoms with Crippen molar-refractivity contribution in [2.45, 2.75) is 46.6 Å². The zero-order valence-corrected chi connectivity index (χ0v) is 13.5. The zero-order chi connectivity index (χ0) is 15.8. The van der Waals surface area contributed by atoms with Crippen LogP contribution in [0, 0.1) is 29.1 Å². The second-order valence-corrected chi connectivity index (χ2v) is 7.44. The monoisotopic (exact) mass is 296 g/mol. The quantitative estimate of drug-likeness (QED) is 0.737. The van der Waals surface area contributed by atoms with Crippen LogP contribution in [-0.2, 0) is 9.59 Å². The average Bonchev–Trinajstić information content (AvgIpc) is 2.81. The van der Waals surface area contributed by atoms with Crippen molar-refractivity contribution in [3.63, 3.8) is 0 Å². The van der Waals surface area contributed by atoms with Crippen molar-refractivity contribution in [3.8, 4) is 0 Å². The predicted molar refractivity (Wildman–Crippen MR) is 80.8 cm³/mol. The first-order valence-electron chi connectivity index (χ1n) is 7.99. The van der Waals surface area contributed by atoms with Gasteiger partial charge in [-0.05, 0) is 36.6 Å². The second kappa shape index (κ2) is 5.95. The van der Waals surface area contributed by atoms with Crippen molar-refractivity contribution < 1.29 is 14.7 Å². The average molecular weight is 296 g/mol. The molecular formula is C16H28N2O3. The van der Waals surface area contributed by atoms with Gasteiger partial charge in [-0.2, -0.15) is 0 Å². The third-order valence-corrected chi connectivity index (χ3v) is 5.92. The van der Waals surface area contributed by atoms with Gasteiger partial charge in [0.2, 0.25) is 5.91 Å². The molecule has 0 bridgehead atoms. The largest absolute Gasteiger partial charge is 0.481 e. The lowest BCUT2D eigenvalue weighted by Gasteiger charge is -2.46. The molecule has 3 N–H and O–H groups in total. The molecule has 5 atom stereocenters. The molecule has 1 saturated heterocycles. The summed E-state index contributed by atoms with van der Waals surface area (Å²) in [7, 11) is 0. The lowest BCUT2D eigenvalue weighted by Crippen LogP contribution is -2.53. The Kier molecular flexibility index (Phi) is 4.61. The number of hydrogen-bond donors (Lipinski definition) is 3. The molecule has 0 spiro atoms. The number of carboxylic acids is 1. The van der Waals surface area contributed by atoms with Crippen LogP contribution in [0.1, 0.15) is 40.5 Å². The van der Waals surface area contributed by atoms with Crippen molar-refractivity contribution in [2.24, 2.45) is 29.1 Å². The maximum Gasteiger partial charge on any atom is 0.307 e. The molecule has 2 aliphatic rings. The minimum atomic E-state index is -0.717. The summed E-state index contributed by atoms with van der Waals surface area (Å²) in [5, 5.41) is 15.8. The molecule has 0 radical (unpaired) electrons. The summed E-state index contributed by atoms with van der Waals surface area (Å²) >= 11 is 0. The number of hydrogen-bond acceptors (Lipinski definition) is 3. The molecule has 1 aliphatic heterocycles. The van der Waals surface area contributed by atoms with E-state index in [0.29, 0.717) is 12.3 Å². The fraction of sp³-hybridized carbons (Fsp3) is 0.875. The number of amides is 1. The Bertz CT molecular complexity index is 422. The van der Waals surface area contributed by atoms with Gasteiger partial charge in [-0.25, -0.2) is 0 Å². The maximum atomic E-state index is 12.4. The van der Waals surface area contributed by atoms with Gasteiger partial charge in [-0.15, -0.1) is 0 Å². The van der Waals surface area contributed by atoms with Gasteiger partial charge in [0, 0.05) is 12.6 Å². The third-order valence-electron chi connectivity index (χ3n) is 5.92. The highest BCUT2D eigenvalue weighted by Crippen LogP contribution is 2.45. The molecule has 2 rings (SSSR count). The van der Waals surface area contributed by atoms with E-state index in [2.05, 4.69) is 24.5 Å². The van der Waals surface area contributed by atoms with E-state index in [-0.39, 0.29) is 35.1 Å². The van der Waals surface area contributed by atoms with Gasteiger partial charge in [0.05, 0.1) is 11.8 Å². The molecule has 1 heterocycles. The van der Waals surface area contributed by atoms with Crippen LogP contribution in [0.25, 0.3) is 0 Å². The van der Waals surface area contributed by atoms with Crippen LogP contribution in [-0.4, -0.2) is 36.1 Å². The molecule has 0 aromatic heterocycles. The van der Waals surface area contributed by atoms with E-state index >= 15 is 0 Å². The van der Waals surface area contributed by atoms with E-state index in [4.69, 9.17) is 0 Å². The Labute approximate surface area is 126 Å². The Morgan fingerprint density at radius 1 is 1.19 bits per heavy atom. The fourth-order valence-electron chi connectivity index (χ4n) is 3.89. The number of nitrogens with one attached hydrogen (secondary N) is 2. The van der Waals surface area contributed by atoms with E-state index in [9.17, 15) is 14.7 Å². The minimum absolute atomic E-state index is 0.0394. The van der Waals surface area contributed by atoms with Crippen LogP contribution in [0.2, 0.25) is 0 Å². The van der Waals surface area contributed by atoms with E-state index < -0.39 is 5.97 Å². The Morgan fingerprint density at radius 3 is 2.38 bits per heavy atom. The topological polar surface area (TPSA) is 78.4 Å². The molecule has 21 heavy (non-hydrogen) atoms. The van der Waals surface area contributed by atoms with E-state index in [1.165, 1.54) is 0 Å². The molecule has 0 aromatic rings. The van der Waals surface area contributed by atoms with E-state index in [0.717, 1.165) is 19.5 Å². The van der Waals surface area contributed by atoms with E-state index in [1.807, 2.05) is 13.8 Å². The van der Waals surface area contributed by atoms with Crippen molar-refractivity contribution in [1.29, 1.82) is 0 Å². The summed E-state index contributed by atoms with van der Waals surface area (Å²) in [6.07, 6.45) is 1.39.